The summed E-state index contributed by atoms with van der Waals surface area (Å²) in [6.45, 7) is 10.1. The van der Waals surface area contributed by atoms with Gasteiger partial charge in [0.2, 0.25) is 11.8 Å². The number of benzene rings is 1. The summed E-state index contributed by atoms with van der Waals surface area (Å²) in [5.74, 6) is -5.48. The lowest BCUT2D eigenvalue weighted by Gasteiger charge is -2.28. The van der Waals surface area contributed by atoms with Crippen LogP contribution in [-0.2, 0) is 47.7 Å². The van der Waals surface area contributed by atoms with Crippen molar-refractivity contribution in [2.75, 3.05) is 31.3 Å². The molecule has 1 rings (SSSR count). The summed E-state index contributed by atoms with van der Waals surface area (Å²) in [5, 5.41) is 5.20. The van der Waals surface area contributed by atoms with Crippen molar-refractivity contribution >= 4 is 53.2 Å². The van der Waals surface area contributed by atoms with E-state index >= 15 is 0 Å². The Balaban J connectivity index is 3.72. The molecule has 0 aliphatic carbocycles. The molecular weight excluding hydrogens is 582 g/mol. The molecule has 15 heteroatoms. The Morgan fingerprint density at radius 2 is 1.05 bits per heavy atom. The van der Waals surface area contributed by atoms with Crippen molar-refractivity contribution in [1.82, 2.24) is 10.6 Å². The lowest BCUT2D eigenvalue weighted by atomic mass is 9.89. The quantitative estimate of drug-likeness (QED) is 0.234. The molecule has 44 heavy (non-hydrogen) atoms. The van der Waals surface area contributed by atoms with Gasteiger partial charge in [0.25, 0.3) is 11.8 Å². The molecular formula is C29H39N3O12. The lowest BCUT2D eigenvalue weighted by Crippen LogP contribution is -2.43. The Labute approximate surface area is 254 Å². The monoisotopic (exact) mass is 621 g/mol. The minimum absolute atomic E-state index is 0.00105. The van der Waals surface area contributed by atoms with Gasteiger partial charge in [-0.25, -0.2) is 0 Å². The van der Waals surface area contributed by atoms with Crippen LogP contribution in [0.3, 0.4) is 0 Å². The van der Waals surface area contributed by atoms with E-state index in [2.05, 4.69) is 10.6 Å². The Hall–Kier alpha value is -4.82. The zero-order chi connectivity index (χ0) is 33.9. The summed E-state index contributed by atoms with van der Waals surface area (Å²) in [7, 11) is 0. The number of nitrogens with one attached hydrogen (secondary N) is 2. The molecule has 1 unspecified atom stereocenters. The molecule has 0 bridgehead atoms. The number of hydrogen-bond donors (Lipinski definition) is 2. The molecule has 15 nitrogen and oxygen atoms in total. The van der Waals surface area contributed by atoms with Crippen LogP contribution >= 0.6 is 0 Å². The fraction of sp³-hybridized carbons (Fsp3) is 0.517. The maximum atomic E-state index is 13.7. The van der Waals surface area contributed by atoms with Crippen LogP contribution in [0, 0.1) is 20.8 Å². The number of rotatable bonds is 13. The van der Waals surface area contributed by atoms with Gasteiger partial charge in [-0.1, -0.05) is 0 Å². The van der Waals surface area contributed by atoms with E-state index in [9.17, 15) is 38.4 Å². The van der Waals surface area contributed by atoms with E-state index in [4.69, 9.17) is 18.9 Å². The summed E-state index contributed by atoms with van der Waals surface area (Å²) >= 11 is 0. The number of esters is 4. The second-order valence-corrected chi connectivity index (χ2v) is 9.87. The van der Waals surface area contributed by atoms with Gasteiger partial charge in [-0.3, -0.25) is 43.3 Å². The van der Waals surface area contributed by atoms with Gasteiger partial charge in [-0.2, -0.15) is 0 Å². The van der Waals surface area contributed by atoms with Gasteiger partial charge < -0.3 is 29.6 Å². The average Bonchev–Trinajstić information content (AvgIpc) is 2.88. The predicted molar refractivity (Wildman–Crippen MR) is 154 cm³/mol. The van der Waals surface area contributed by atoms with Crippen LogP contribution in [0.5, 0.6) is 0 Å². The molecule has 1 aromatic carbocycles. The van der Waals surface area contributed by atoms with Crippen molar-refractivity contribution < 1.29 is 57.3 Å². The fourth-order valence-electron chi connectivity index (χ4n) is 4.46. The van der Waals surface area contributed by atoms with Crippen LogP contribution in [0.4, 0.5) is 5.69 Å². The van der Waals surface area contributed by atoms with E-state index in [0.717, 1.165) is 46.4 Å². The van der Waals surface area contributed by atoms with Gasteiger partial charge in [-0.15, -0.1) is 0 Å². The highest BCUT2D eigenvalue weighted by Crippen LogP contribution is 2.34. The Morgan fingerprint density at radius 3 is 1.45 bits per heavy atom. The van der Waals surface area contributed by atoms with Gasteiger partial charge in [0.15, 0.2) is 6.10 Å². The van der Waals surface area contributed by atoms with E-state index in [1.54, 1.807) is 0 Å². The summed E-state index contributed by atoms with van der Waals surface area (Å²) in [4.78, 5) is 98.9. The van der Waals surface area contributed by atoms with Crippen LogP contribution in [0.1, 0.15) is 78.9 Å². The van der Waals surface area contributed by atoms with Crippen LogP contribution < -0.4 is 15.5 Å². The van der Waals surface area contributed by atoms with Crippen LogP contribution in [0.15, 0.2) is 0 Å². The number of anilines is 1. The SMILES string of the molecule is CC(=O)OCC(COC(C)=O)NC(=O)c1c(C)c(C(=O)NCC(COC(C)=O)OC(C)=O)c(C)c(N(C(C)=O)C(C)=O)c1C. The number of hydrogen-bond acceptors (Lipinski definition) is 12. The smallest absolute Gasteiger partial charge is 0.303 e. The summed E-state index contributed by atoms with van der Waals surface area (Å²) < 4.78 is 20.0. The largest absolute Gasteiger partial charge is 0.464 e. The lowest BCUT2D eigenvalue weighted by molar-refractivity contribution is -0.155. The molecule has 0 fully saturated rings. The van der Waals surface area contributed by atoms with Crippen molar-refractivity contribution in [2.45, 2.75) is 74.5 Å². The number of carbonyl (C=O) groups excluding carboxylic acids is 8. The first-order chi connectivity index (χ1) is 20.4. The van der Waals surface area contributed by atoms with Crippen molar-refractivity contribution in [3.05, 3.63) is 27.8 Å². The predicted octanol–water partition coefficient (Wildman–Crippen LogP) is 0.960. The maximum Gasteiger partial charge on any atom is 0.303 e. The molecule has 0 radical (unpaired) electrons. The Kier molecular flexibility index (Phi) is 14.1. The van der Waals surface area contributed by atoms with Crippen LogP contribution in [-0.4, -0.2) is 86.0 Å². The summed E-state index contributed by atoms with van der Waals surface area (Å²) in [6, 6.07) is -0.987. The molecule has 2 N–H and O–H groups in total. The van der Waals surface area contributed by atoms with Gasteiger partial charge in [0, 0.05) is 52.7 Å². The molecule has 242 valence electrons. The fourth-order valence-corrected chi connectivity index (χ4v) is 4.46. The molecule has 0 aromatic heterocycles. The van der Waals surface area contributed by atoms with Gasteiger partial charge in [0.05, 0.1) is 18.3 Å². The van der Waals surface area contributed by atoms with E-state index in [1.807, 2.05) is 0 Å². The Bertz CT molecular complexity index is 1310. The third-order valence-electron chi connectivity index (χ3n) is 6.12. The second kappa shape index (κ2) is 16.7. The number of imide groups is 1. The molecule has 0 saturated heterocycles. The summed E-state index contributed by atoms with van der Waals surface area (Å²) in [5.41, 5.74) is 0.405. The highest BCUT2D eigenvalue weighted by Gasteiger charge is 2.31. The molecule has 0 aliphatic rings. The number of ether oxygens (including phenoxy) is 4. The highest BCUT2D eigenvalue weighted by atomic mass is 16.6. The summed E-state index contributed by atoms with van der Waals surface area (Å²) in [6.07, 6.45) is -1.04. The molecule has 1 atom stereocenters. The van der Waals surface area contributed by atoms with Crippen LogP contribution in [0.2, 0.25) is 0 Å². The number of carbonyl (C=O) groups is 8. The van der Waals surface area contributed by atoms with Crippen LogP contribution in [0.25, 0.3) is 0 Å². The molecule has 0 saturated carbocycles. The molecule has 4 amide bonds. The second-order valence-electron chi connectivity index (χ2n) is 9.87. The maximum absolute atomic E-state index is 13.7. The van der Waals surface area contributed by atoms with Gasteiger partial charge in [0.1, 0.15) is 19.8 Å². The normalized spacial score (nSPS) is 11.1. The molecule has 0 aliphatic heterocycles. The third kappa shape index (κ3) is 10.8. The standard InChI is InChI=1S/C29H39N3O12/c1-14-25(28(39)30-10-24(44-22(9)38)13-43-21(8)37)15(2)27(32(17(4)33)18(5)34)16(3)26(14)29(40)31-23(11-41-19(6)35)12-42-20(7)36/h23-24H,10-13H2,1-9H3,(H,30,39)(H,31,40). The number of nitrogens with zero attached hydrogens (tertiary/aromatic N) is 1. The Morgan fingerprint density at radius 1 is 0.614 bits per heavy atom. The van der Waals surface area contributed by atoms with E-state index < -0.39 is 59.7 Å². The first-order valence-corrected chi connectivity index (χ1v) is 13.5. The average molecular weight is 622 g/mol. The van der Waals surface area contributed by atoms with Crippen molar-refractivity contribution in [3.8, 4) is 0 Å². The zero-order valence-electron chi connectivity index (χ0n) is 26.3. The minimum atomic E-state index is -1.04. The topological polar surface area (TPSA) is 201 Å². The first-order valence-electron chi connectivity index (χ1n) is 13.5. The molecule has 0 spiro atoms. The molecule has 1 aromatic rings. The van der Waals surface area contributed by atoms with Gasteiger partial charge >= 0.3 is 23.9 Å². The highest BCUT2D eigenvalue weighted by molar-refractivity contribution is 6.17. The van der Waals surface area contributed by atoms with Crippen molar-refractivity contribution in [1.29, 1.82) is 0 Å². The van der Waals surface area contributed by atoms with E-state index in [1.165, 1.54) is 20.8 Å². The number of amides is 4. The van der Waals surface area contributed by atoms with Crippen molar-refractivity contribution in [2.24, 2.45) is 0 Å². The molecule has 0 heterocycles. The zero-order valence-corrected chi connectivity index (χ0v) is 26.3. The van der Waals surface area contributed by atoms with Gasteiger partial charge in [-0.05, 0) is 37.5 Å². The van der Waals surface area contributed by atoms with Crippen molar-refractivity contribution in [3.63, 3.8) is 0 Å². The first kappa shape index (κ1) is 37.2. The van der Waals surface area contributed by atoms with E-state index in [0.29, 0.717) is 0 Å². The minimum Gasteiger partial charge on any atom is -0.464 e. The van der Waals surface area contributed by atoms with E-state index in [-0.39, 0.29) is 59.9 Å². The third-order valence-corrected chi connectivity index (χ3v) is 6.12.